The van der Waals surface area contributed by atoms with Crippen molar-refractivity contribution >= 4 is 22.7 Å². The molecule has 1 aromatic heterocycles. The first kappa shape index (κ1) is 18.1. The zero-order valence-corrected chi connectivity index (χ0v) is 16.1. The molecule has 4 rings (SSSR count). The van der Waals surface area contributed by atoms with Crippen LogP contribution >= 0.6 is 11.8 Å². The van der Waals surface area contributed by atoms with Gasteiger partial charge in [-0.2, -0.15) is 0 Å². The van der Waals surface area contributed by atoms with Crippen molar-refractivity contribution in [3.63, 3.8) is 0 Å². The molecule has 1 atom stereocenters. The second-order valence-electron chi connectivity index (χ2n) is 6.60. The second kappa shape index (κ2) is 8.15. The molecule has 0 N–H and O–H groups in total. The maximum absolute atomic E-state index is 13.1. The number of aromatic nitrogens is 2. The van der Waals surface area contributed by atoms with E-state index in [9.17, 15) is 4.79 Å². The molecule has 1 aliphatic rings. The molecular weight excluding hydrogens is 360 g/mol. The Balaban J connectivity index is 1.69. The van der Waals surface area contributed by atoms with Gasteiger partial charge in [0.05, 0.1) is 30.7 Å². The molecule has 0 bridgehead atoms. The molecule has 3 aromatic rings. The van der Waals surface area contributed by atoms with Crippen molar-refractivity contribution in [1.29, 1.82) is 0 Å². The summed E-state index contributed by atoms with van der Waals surface area (Å²) in [5.74, 6) is 1.61. The van der Waals surface area contributed by atoms with E-state index in [0.717, 1.165) is 47.2 Å². The molecule has 0 aliphatic carbocycles. The van der Waals surface area contributed by atoms with Gasteiger partial charge in [-0.25, -0.2) is 4.98 Å². The Bertz CT molecular complexity index is 979. The Morgan fingerprint density at radius 2 is 2.04 bits per heavy atom. The quantitative estimate of drug-likeness (QED) is 0.480. The van der Waals surface area contributed by atoms with Crippen LogP contribution in [0.2, 0.25) is 0 Å². The maximum atomic E-state index is 13.1. The number of fused-ring (bicyclic) bond motifs is 1. The summed E-state index contributed by atoms with van der Waals surface area (Å²) in [5, 5.41) is 1.39. The molecule has 140 valence electrons. The molecule has 2 heterocycles. The van der Waals surface area contributed by atoms with E-state index in [2.05, 4.69) is 0 Å². The van der Waals surface area contributed by atoms with Crippen LogP contribution < -0.4 is 10.3 Å². The Morgan fingerprint density at radius 1 is 1.22 bits per heavy atom. The fourth-order valence-corrected chi connectivity index (χ4v) is 4.32. The highest BCUT2D eigenvalue weighted by atomic mass is 32.2. The van der Waals surface area contributed by atoms with Gasteiger partial charge in [0.2, 0.25) is 0 Å². The van der Waals surface area contributed by atoms with Gasteiger partial charge in [0.25, 0.3) is 5.56 Å². The van der Waals surface area contributed by atoms with Crippen LogP contribution in [0.3, 0.4) is 0 Å². The molecule has 1 saturated heterocycles. The average molecular weight is 382 g/mol. The van der Waals surface area contributed by atoms with Crippen molar-refractivity contribution in [3.05, 3.63) is 64.4 Å². The van der Waals surface area contributed by atoms with Crippen LogP contribution in [-0.4, -0.2) is 35.1 Å². The van der Waals surface area contributed by atoms with E-state index < -0.39 is 0 Å². The minimum Gasteiger partial charge on any atom is -0.497 e. The van der Waals surface area contributed by atoms with Gasteiger partial charge in [-0.1, -0.05) is 36.0 Å². The molecule has 0 unspecified atom stereocenters. The zero-order valence-electron chi connectivity index (χ0n) is 15.3. The summed E-state index contributed by atoms with van der Waals surface area (Å²) in [5.41, 5.74) is 1.77. The van der Waals surface area contributed by atoms with Crippen molar-refractivity contribution in [2.24, 2.45) is 0 Å². The fraction of sp³-hybridized carbons (Fsp3) is 0.333. The SMILES string of the molecule is COc1ccc(Cn2c(SC[C@@H]3CCCO3)nc3ccccc3c2=O)cc1. The average Bonchev–Trinajstić information content (AvgIpc) is 3.23. The number of hydrogen-bond donors (Lipinski definition) is 0. The van der Waals surface area contributed by atoms with Crippen molar-refractivity contribution in [1.82, 2.24) is 9.55 Å². The molecule has 1 fully saturated rings. The van der Waals surface area contributed by atoms with Crippen LogP contribution in [0.15, 0.2) is 58.5 Å². The van der Waals surface area contributed by atoms with Gasteiger partial charge < -0.3 is 9.47 Å². The van der Waals surface area contributed by atoms with E-state index in [0.29, 0.717) is 11.9 Å². The number of hydrogen-bond acceptors (Lipinski definition) is 5. The summed E-state index contributed by atoms with van der Waals surface area (Å²) in [4.78, 5) is 17.9. The lowest BCUT2D eigenvalue weighted by Gasteiger charge is -2.15. The van der Waals surface area contributed by atoms with E-state index in [1.54, 1.807) is 23.4 Å². The minimum atomic E-state index is -0.00809. The Morgan fingerprint density at radius 3 is 2.78 bits per heavy atom. The van der Waals surface area contributed by atoms with Crippen LogP contribution in [0, 0.1) is 0 Å². The molecule has 5 nitrogen and oxygen atoms in total. The van der Waals surface area contributed by atoms with Gasteiger partial charge in [0.1, 0.15) is 5.75 Å². The maximum Gasteiger partial charge on any atom is 0.262 e. The Labute approximate surface area is 162 Å². The van der Waals surface area contributed by atoms with Gasteiger partial charge in [-0.05, 0) is 42.7 Å². The third-order valence-electron chi connectivity index (χ3n) is 4.75. The minimum absolute atomic E-state index is 0.00809. The zero-order chi connectivity index (χ0) is 18.6. The molecular formula is C21H22N2O3S. The molecule has 0 saturated carbocycles. The first-order valence-electron chi connectivity index (χ1n) is 9.11. The lowest BCUT2D eigenvalue weighted by molar-refractivity contribution is 0.129. The monoisotopic (exact) mass is 382 g/mol. The number of benzene rings is 2. The summed E-state index contributed by atoms with van der Waals surface area (Å²) in [7, 11) is 1.65. The highest BCUT2D eigenvalue weighted by molar-refractivity contribution is 7.99. The molecule has 0 amide bonds. The van der Waals surface area contributed by atoms with Gasteiger partial charge >= 0.3 is 0 Å². The standard InChI is InChI=1S/C21H22N2O3S/c1-25-16-10-8-15(9-11-16)13-23-20(24)18-6-2-3-7-19(18)22-21(23)27-14-17-5-4-12-26-17/h2-3,6-11,17H,4-5,12-14H2,1H3/t17-/m0/s1. The first-order valence-corrected chi connectivity index (χ1v) is 10.1. The van der Waals surface area contributed by atoms with E-state index in [-0.39, 0.29) is 11.7 Å². The molecule has 1 aliphatic heterocycles. The normalized spacial score (nSPS) is 16.7. The van der Waals surface area contributed by atoms with Crippen LogP contribution in [0.4, 0.5) is 0 Å². The van der Waals surface area contributed by atoms with Gasteiger partial charge in [0, 0.05) is 12.4 Å². The number of methoxy groups -OCH3 is 1. The largest absolute Gasteiger partial charge is 0.497 e. The first-order chi connectivity index (χ1) is 13.2. The summed E-state index contributed by atoms with van der Waals surface area (Å²) in [6, 6.07) is 15.3. The lowest BCUT2D eigenvalue weighted by Crippen LogP contribution is -2.24. The van der Waals surface area contributed by atoms with Gasteiger partial charge in [-0.3, -0.25) is 9.36 Å². The summed E-state index contributed by atoms with van der Waals surface area (Å²) in [6.45, 7) is 1.31. The van der Waals surface area contributed by atoms with Crippen LogP contribution in [-0.2, 0) is 11.3 Å². The van der Waals surface area contributed by atoms with Crippen LogP contribution in [0.5, 0.6) is 5.75 Å². The van der Waals surface area contributed by atoms with E-state index in [4.69, 9.17) is 14.5 Å². The Kier molecular flexibility index (Phi) is 5.45. The van der Waals surface area contributed by atoms with Crippen molar-refractivity contribution in [2.75, 3.05) is 19.5 Å². The number of para-hydroxylation sites is 1. The molecule has 0 radical (unpaired) electrons. The third-order valence-corrected chi connectivity index (χ3v) is 5.86. The number of nitrogens with zero attached hydrogens (tertiary/aromatic N) is 2. The topological polar surface area (TPSA) is 53.4 Å². The third kappa shape index (κ3) is 4.01. The van der Waals surface area contributed by atoms with E-state index in [1.807, 2.05) is 48.5 Å². The summed E-state index contributed by atoms with van der Waals surface area (Å²) in [6.07, 6.45) is 2.42. The highest BCUT2D eigenvalue weighted by Gasteiger charge is 2.18. The molecule has 0 spiro atoms. The van der Waals surface area contributed by atoms with Crippen LogP contribution in [0.25, 0.3) is 10.9 Å². The smallest absolute Gasteiger partial charge is 0.262 e. The number of rotatable bonds is 6. The van der Waals surface area contributed by atoms with Crippen LogP contribution in [0.1, 0.15) is 18.4 Å². The summed E-state index contributed by atoms with van der Waals surface area (Å²) < 4.78 is 12.7. The summed E-state index contributed by atoms with van der Waals surface area (Å²) >= 11 is 1.60. The van der Waals surface area contributed by atoms with Gasteiger partial charge in [0.15, 0.2) is 5.16 Å². The molecule has 6 heteroatoms. The predicted octanol–water partition coefficient (Wildman–Crippen LogP) is 3.72. The van der Waals surface area contributed by atoms with E-state index >= 15 is 0 Å². The van der Waals surface area contributed by atoms with Crippen molar-refractivity contribution in [3.8, 4) is 5.75 Å². The number of ether oxygens (including phenoxy) is 2. The van der Waals surface area contributed by atoms with E-state index in [1.165, 1.54) is 0 Å². The Hall–Kier alpha value is -2.31. The molecule has 27 heavy (non-hydrogen) atoms. The van der Waals surface area contributed by atoms with Gasteiger partial charge in [-0.15, -0.1) is 0 Å². The van der Waals surface area contributed by atoms with Crippen molar-refractivity contribution < 1.29 is 9.47 Å². The lowest BCUT2D eigenvalue weighted by atomic mass is 10.2. The second-order valence-corrected chi connectivity index (χ2v) is 7.58. The molecule has 2 aromatic carbocycles. The fourth-order valence-electron chi connectivity index (χ4n) is 3.25. The number of thioether (sulfide) groups is 1. The highest BCUT2D eigenvalue weighted by Crippen LogP contribution is 2.24. The predicted molar refractivity (Wildman–Crippen MR) is 108 cm³/mol. The van der Waals surface area contributed by atoms with Crippen molar-refractivity contribution in [2.45, 2.75) is 30.6 Å².